The highest BCUT2D eigenvalue weighted by Gasteiger charge is 2.30. The minimum Gasteiger partial charge on any atom is -0.411 e. The average molecular weight is 336 g/mol. The molecule has 1 heterocycles. The second kappa shape index (κ2) is 5.70. The van der Waals surface area contributed by atoms with Crippen LogP contribution in [-0.2, 0) is 13.5 Å². The first kappa shape index (κ1) is 15.6. The van der Waals surface area contributed by atoms with E-state index in [4.69, 9.17) is 16.8 Å². The van der Waals surface area contributed by atoms with Crippen molar-refractivity contribution in [3.05, 3.63) is 51.6 Å². The number of hydrogen-bond acceptors (Lipinski definition) is 3. The Labute approximate surface area is 137 Å². The van der Waals surface area contributed by atoms with Gasteiger partial charge in [0, 0.05) is 24.0 Å². The highest BCUT2D eigenvalue weighted by Crippen LogP contribution is 2.31. The summed E-state index contributed by atoms with van der Waals surface area (Å²) in [6.45, 7) is 1.88. The molecule has 1 amide bonds. The van der Waals surface area contributed by atoms with Crippen molar-refractivity contribution in [2.24, 2.45) is 12.2 Å². The molecule has 120 valence electrons. The molecule has 1 aromatic carbocycles. The number of benzene rings is 1. The van der Waals surface area contributed by atoms with Gasteiger partial charge in [0.2, 0.25) is 0 Å². The summed E-state index contributed by atoms with van der Waals surface area (Å²) in [6, 6.07) is 4.02. The minimum atomic E-state index is -0.538. The summed E-state index contributed by atoms with van der Waals surface area (Å²) in [5.41, 5.74) is 4.09. The van der Waals surface area contributed by atoms with Crippen LogP contribution in [0, 0.1) is 12.7 Å². The number of fused-ring (bicyclic) bond motifs is 1. The van der Waals surface area contributed by atoms with Crippen LogP contribution in [0.1, 0.15) is 33.7 Å². The molecule has 3 rings (SSSR count). The van der Waals surface area contributed by atoms with E-state index < -0.39 is 5.82 Å². The second-order valence-corrected chi connectivity index (χ2v) is 5.88. The molecular weight excluding hydrogens is 321 g/mol. The molecule has 0 fully saturated rings. The van der Waals surface area contributed by atoms with E-state index in [-0.39, 0.29) is 10.9 Å². The SMILES string of the molecule is Cc1c2c(c(C(=O)Nc3ccc(F)c(Cl)c3)n1C)CCC2=NO. The zero-order valence-corrected chi connectivity index (χ0v) is 13.4. The Morgan fingerprint density at radius 3 is 2.83 bits per heavy atom. The Balaban J connectivity index is 1.98. The van der Waals surface area contributed by atoms with E-state index in [0.717, 1.165) is 16.8 Å². The smallest absolute Gasteiger partial charge is 0.272 e. The first-order chi connectivity index (χ1) is 10.9. The van der Waals surface area contributed by atoms with E-state index in [1.807, 2.05) is 6.92 Å². The van der Waals surface area contributed by atoms with Crippen molar-refractivity contribution in [2.75, 3.05) is 5.32 Å². The maximum atomic E-state index is 13.2. The van der Waals surface area contributed by atoms with Gasteiger partial charge in [0.05, 0.1) is 10.7 Å². The fourth-order valence-corrected chi connectivity index (χ4v) is 3.20. The maximum Gasteiger partial charge on any atom is 0.272 e. The number of halogens is 2. The Morgan fingerprint density at radius 1 is 1.43 bits per heavy atom. The number of anilines is 1. The van der Waals surface area contributed by atoms with Crippen LogP contribution in [0.4, 0.5) is 10.1 Å². The van der Waals surface area contributed by atoms with Crippen LogP contribution >= 0.6 is 11.6 Å². The number of nitrogens with one attached hydrogen (secondary N) is 1. The van der Waals surface area contributed by atoms with Crippen LogP contribution in [0.5, 0.6) is 0 Å². The molecular formula is C16H15ClFN3O2. The van der Waals surface area contributed by atoms with Crippen molar-refractivity contribution in [1.29, 1.82) is 0 Å². The molecule has 0 atom stereocenters. The fraction of sp³-hybridized carbons (Fsp3) is 0.250. The van der Waals surface area contributed by atoms with Gasteiger partial charge in [-0.3, -0.25) is 4.79 Å². The molecule has 0 saturated carbocycles. The van der Waals surface area contributed by atoms with Gasteiger partial charge in [0.1, 0.15) is 11.5 Å². The summed E-state index contributed by atoms with van der Waals surface area (Å²) in [7, 11) is 1.79. The number of hydrogen-bond donors (Lipinski definition) is 2. The normalized spacial score (nSPS) is 15.0. The Bertz CT molecular complexity index is 842. The van der Waals surface area contributed by atoms with Crippen molar-refractivity contribution in [2.45, 2.75) is 19.8 Å². The van der Waals surface area contributed by atoms with Crippen molar-refractivity contribution >= 4 is 28.9 Å². The van der Waals surface area contributed by atoms with Crippen LogP contribution in [0.2, 0.25) is 5.02 Å². The number of carbonyl (C=O) groups excluding carboxylic acids is 1. The van der Waals surface area contributed by atoms with Gasteiger partial charge in [-0.25, -0.2) is 4.39 Å². The molecule has 0 bridgehead atoms. The number of aromatic nitrogens is 1. The maximum absolute atomic E-state index is 13.2. The first-order valence-electron chi connectivity index (χ1n) is 7.10. The van der Waals surface area contributed by atoms with E-state index in [2.05, 4.69) is 10.5 Å². The van der Waals surface area contributed by atoms with Crippen LogP contribution in [0.3, 0.4) is 0 Å². The predicted octanol–water partition coefficient (Wildman–Crippen LogP) is 3.50. The highest BCUT2D eigenvalue weighted by molar-refractivity contribution is 6.31. The Kier molecular flexibility index (Phi) is 3.85. The first-order valence-corrected chi connectivity index (χ1v) is 7.47. The number of rotatable bonds is 2. The van der Waals surface area contributed by atoms with E-state index in [1.165, 1.54) is 18.2 Å². The highest BCUT2D eigenvalue weighted by atomic mass is 35.5. The van der Waals surface area contributed by atoms with Crippen LogP contribution in [-0.4, -0.2) is 21.4 Å². The molecule has 0 aliphatic heterocycles. The van der Waals surface area contributed by atoms with Gasteiger partial charge < -0.3 is 15.1 Å². The van der Waals surface area contributed by atoms with E-state index in [0.29, 0.717) is 29.9 Å². The average Bonchev–Trinajstić information content (AvgIpc) is 3.03. The van der Waals surface area contributed by atoms with Crippen molar-refractivity contribution in [3.63, 3.8) is 0 Å². The number of oxime groups is 1. The summed E-state index contributed by atoms with van der Waals surface area (Å²) in [5, 5.41) is 15.1. The zero-order valence-electron chi connectivity index (χ0n) is 12.7. The van der Waals surface area contributed by atoms with Gasteiger partial charge in [-0.05, 0) is 43.5 Å². The predicted molar refractivity (Wildman–Crippen MR) is 86.2 cm³/mol. The Hall–Kier alpha value is -2.34. The summed E-state index contributed by atoms with van der Waals surface area (Å²) >= 11 is 5.74. The molecule has 1 aliphatic rings. The van der Waals surface area contributed by atoms with Crippen LogP contribution in [0.15, 0.2) is 23.4 Å². The third-order valence-corrected chi connectivity index (χ3v) is 4.49. The van der Waals surface area contributed by atoms with Gasteiger partial charge in [0.15, 0.2) is 0 Å². The number of nitrogens with zero attached hydrogens (tertiary/aromatic N) is 2. The lowest BCUT2D eigenvalue weighted by molar-refractivity contribution is 0.101. The lowest BCUT2D eigenvalue weighted by atomic mass is 10.1. The summed E-state index contributed by atoms with van der Waals surface area (Å²) in [6.07, 6.45) is 1.24. The fourth-order valence-electron chi connectivity index (χ4n) is 3.02. The summed E-state index contributed by atoms with van der Waals surface area (Å²) < 4.78 is 15.0. The molecule has 7 heteroatoms. The third-order valence-electron chi connectivity index (χ3n) is 4.20. The Morgan fingerprint density at radius 2 is 2.17 bits per heavy atom. The molecule has 2 N–H and O–H groups in total. The lowest BCUT2D eigenvalue weighted by Crippen LogP contribution is -2.18. The molecule has 1 aromatic heterocycles. The quantitative estimate of drug-likeness (QED) is 0.651. The van der Waals surface area contributed by atoms with E-state index in [1.54, 1.807) is 11.6 Å². The summed E-state index contributed by atoms with van der Waals surface area (Å²) in [4.78, 5) is 12.6. The van der Waals surface area contributed by atoms with Gasteiger partial charge in [-0.15, -0.1) is 0 Å². The van der Waals surface area contributed by atoms with Gasteiger partial charge in [-0.2, -0.15) is 0 Å². The van der Waals surface area contributed by atoms with Gasteiger partial charge >= 0.3 is 0 Å². The number of amides is 1. The van der Waals surface area contributed by atoms with Crippen molar-refractivity contribution in [3.8, 4) is 0 Å². The van der Waals surface area contributed by atoms with Crippen molar-refractivity contribution in [1.82, 2.24) is 4.57 Å². The van der Waals surface area contributed by atoms with E-state index in [9.17, 15) is 9.18 Å². The molecule has 23 heavy (non-hydrogen) atoms. The summed E-state index contributed by atoms with van der Waals surface area (Å²) in [5.74, 6) is -0.845. The van der Waals surface area contributed by atoms with Gasteiger partial charge in [0.25, 0.3) is 5.91 Å². The topological polar surface area (TPSA) is 66.6 Å². The largest absolute Gasteiger partial charge is 0.411 e. The molecule has 0 unspecified atom stereocenters. The molecule has 2 aromatic rings. The van der Waals surface area contributed by atoms with Crippen molar-refractivity contribution < 1.29 is 14.4 Å². The second-order valence-electron chi connectivity index (χ2n) is 5.48. The molecule has 0 spiro atoms. The minimum absolute atomic E-state index is 0.0502. The molecule has 0 saturated heterocycles. The number of carbonyl (C=O) groups is 1. The van der Waals surface area contributed by atoms with Crippen LogP contribution in [0.25, 0.3) is 0 Å². The van der Waals surface area contributed by atoms with Crippen LogP contribution < -0.4 is 5.32 Å². The van der Waals surface area contributed by atoms with Gasteiger partial charge in [-0.1, -0.05) is 16.8 Å². The zero-order chi connectivity index (χ0) is 16.7. The molecule has 5 nitrogen and oxygen atoms in total. The monoisotopic (exact) mass is 335 g/mol. The standard InChI is InChI=1S/C16H15ClFN3O2/c1-8-14-10(4-6-13(14)20-23)15(21(8)2)16(22)19-9-3-5-12(18)11(17)7-9/h3,5,7,23H,4,6H2,1-2H3,(H,19,22). The lowest BCUT2D eigenvalue weighted by Gasteiger charge is -2.09. The van der Waals surface area contributed by atoms with E-state index >= 15 is 0 Å². The third kappa shape index (κ3) is 2.49. The molecule has 0 radical (unpaired) electrons. The molecule has 1 aliphatic carbocycles.